The van der Waals surface area contributed by atoms with E-state index >= 15 is 0 Å². The molecule has 126 valence electrons. The van der Waals surface area contributed by atoms with Gasteiger partial charge in [-0.25, -0.2) is 0 Å². The molecule has 0 heterocycles. The first-order valence-corrected chi connectivity index (χ1v) is 13.6. The van der Waals surface area contributed by atoms with Crippen LogP contribution in [0.4, 0.5) is 0 Å². The second kappa shape index (κ2) is 10.4. The molecule has 8 heteroatoms. The molecule has 0 atom stereocenters. The van der Waals surface area contributed by atoms with Crippen LogP contribution in [-0.4, -0.2) is 26.6 Å². The zero-order chi connectivity index (χ0) is 16.6. The maximum absolute atomic E-state index is 5.77. The largest absolute Gasteiger partial charge is 0.187 e. The van der Waals surface area contributed by atoms with Crippen molar-refractivity contribution in [2.45, 2.75) is 44.6 Å². The standard InChI is InChI=1S/C14H20Cl6Si2/c15-13(16,17)9-21-7-5-11-1-2-12(4-3-11)6-8-22-10-14(18,19)20/h1-4H,5-10,21-22H2. The van der Waals surface area contributed by atoms with Crippen molar-refractivity contribution in [2.24, 2.45) is 0 Å². The van der Waals surface area contributed by atoms with Crippen molar-refractivity contribution in [1.29, 1.82) is 0 Å². The summed E-state index contributed by atoms with van der Waals surface area (Å²) in [5.41, 5.74) is 2.72. The molecular weight excluding hydrogens is 437 g/mol. The van der Waals surface area contributed by atoms with Crippen molar-refractivity contribution in [3.8, 4) is 0 Å². The smallest absolute Gasteiger partial charge is 0.0840 e. The van der Waals surface area contributed by atoms with E-state index in [4.69, 9.17) is 69.6 Å². The van der Waals surface area contributed by atoms with E-state index in [1.807, 2.05) is 0 Å². The average molecular weight is 457 g/mol. The molecule has 0 saturated carbocycles. The van der Waals surface area contributed by atoms with Gasteiger partial charge in [-0.1, -0.05) is 106 Å². The number of benzene rings is 1. The van der Waals surface area contributed by atoms with E-state index in [2.05, 4.69) is 24.3 Å². The first kappa shape index (κ1) is 21.4. The molecular formula is C14H20Cl6Si2. The van der Waals surface area contributed by atoms with Crippen LogP contribution < -0.4 is 0 Å². The van der Waals surface area contributed by atoms with Crippen LogP contribution in [-0.2, 0) is 12.8 Å². The fraction of sp³-hybridized carbons (Fsp3) is 0.571. The summed E-state index contributed by atoms with van der Waals surface area (Å²) in [5.74, 6) is 0. The number of rotatable bonds is 8. The zero-order valence-corrected chi connectivity index (χ0v) is 19.6. The highest BCUT2D eigenvalue weighted by atomic mass is 35.6. The Bertz CT molecular complexity index is 383. The lowest BCUT2D eigenvalue weighted by Gasteiger charge is -2.10. The van der Waals surface area contributed by atoms with Crippen LogP contribution in [0, 0.1) is 0 Å². The van der Waals surface area contributed by atoms with E-state index in [1.54, 1.807) is 0 Å². The highest BCUT2D eigenvalue weighted by molar-refractivity contribution is 6.70. The molecule has 0 N–H and O–H groups in total. The fourth-order valence-electron chi connectivity index (χ4n) is 2.18. The summed E-state index contributed by atoms with van der Waals surface area (Å²) in [6, 6.07) is 12.6. The quantitative estimate of drug-likeness (QED) is 0.274. The van der Waals surface area contributed by atoms with Gasteiger partial charge < -0.3 is 0 Å². The normalized spacial score (nSPS) is 13.7. The van der Waals surface area contributed by atoms with Crippen LogP contribution in [0.5, 0.6) is 0 Å². The van der Waals surface area contributed by atoms with Gasteiger partial charge in [0.15, 0.2) is 7.59 Å². The Balaban J connectivity index is 2.22. The first-order valence-electron chi connectivity index (χ1n) is 7.37. The molecule has 0 aliphatic heterocycles. The molecule has 0 aliphatic rings. The van der Waals surface area contributed by atoms with E-state index in [1.165, 1.54) is 23.2 Å². The number of aryl methyl sites for hydroxylation is 2. The van der Waals surface area contributed by atoms with E-state index in [0.29, 0.717) is 0 Å². The second-order valence-corrected chi connectivity index (χ2v) is 14.3. The Morgan fingerprint density at radius 1 is 0.636 bits per heavy atom. The predicted octanol–water partition coefficient (Wildman–Crippen LogP) is 5.52. The van der Waals surface area contributed by atoms with Gasteiger partial charge in [-0.3, -0.25) is 0 Å². The lowest BCUT2D eigenvalue weighted by atomic mass is 10.1. The lowest BCUT2D eigenvalue weighted by Crippen LogP contribution is -2.07. The first-order chi connectivity index (χ1) is 10.2. The summed E-state index contributed by atoms with van der Waals surface area (Å²) in [5, 5.41) is 0. The van der Waals surface area contributed by atoms with Crippen LogP contribution in [0.2, 0.25) is 24.2 Å². The summed E-state index contributed by atoms with van der Waals surface area (Å²) in [4.78, 5) is 0. The van der Waals surface area contributed by atoms with Crippen molar-refractivity contribution in [2.75, 3.05) is 0 Å². The van der Waals surface area contributed by atoms with Gasteiger partial charge in [0.05, 0.1) is 0 Å². The fourth-order valence-corrected chi connectivity index (χ4v) is 7.21. The molecule has 0 aromatic heterocycles. The Labute approximate surface area is 167 Å². The van der Waals surface area contributed by atoms with Gasteiger partial charge in [-0.2, -0.15) is 0 Å². The molecule has 0 nitrogen and oxygen atoms in total. The molecule has 0 amide bonds. The van der Waals surface area contributed by atoms with Crippen LogP contribution in [0.15, 0.2) is 24.3 Å². The van der Waals surface area contributed by atoms with Crippen LogP contribution in [0.25, 0.3) is 0 Å². The summed E-state index contributed by atoms with van der Waals surface area (Å²) in [6.07, 6.45) is 2.16. The maximum Gasteiger partial charge on any atom is 0.187 e. The SMILES string of the molecule is ClC(Cl)(Cl)C[SiH2]CCc1ccc(CC[SiH2]CC(Cl)(Cl)Cl)cc1. The minimum absolute atomic E-state index is 0.304. The maximum atomic E-state index is 5.77. The van der Waals surface area contributed by atoms with Crippen molar-refractivity contribution in [3.05, 3.63) is 35.4 Å². The summed E-state index contributed by atoms with van der Waals surface area (Å²) < 4.78 is -2.13. The Morgan fingerprint density at radius 3 is 1.23 bits per heavy atom. The van der Waals surface area contributed by atoms with E-state index in [-0.39, 0.29) is 19.0 Å². The highest BCUT2D eigenvalue weighted by Gasteiger charge is 2.19. The molecule has 0 saturated heterocycles. The average Bonchev–Trinajstić information content (AvgIpc) is 2.39. The third kappa shape index (κ3) is 11.9. The number of alkyl halides is 6. The van der Waals surface area contributed by atoms with Gasteiger partial charge in [0.2, 0.25) is 0 Å². The van der Waals surface area contributed by atoms with Gasteiger partial charge in [0.25, 0.3) is 0 Å². The Hall–Kier alpha value is 1.39. The number of hydrogen-bond acceptors (Lipinski definition) is 0. The van der Waals surface area contributed by atoms with Crippen molar-refractivity contribution in [1.82, 2.24) is 0 Å². The van der Waals surface area contributed by atoms with E-state index in [9.17, 15) is 0 Å². The van der Waals surface area contributed by atoms with Crippen LogP contribution in [0.3, 0.4) is 0 Å². The summed E-state index contributed by atoms with van der Waals surface area (Å²) in [7, 11) is -0.608. The topological polar surface area (TPSA) is 0 Å². The van der Waals surface area contributed by atoms with Gasteiger partial charge in [-0.05, 0) is 36.1 Å². The van der Waals surface area contributed by atoms with E-state index < -0.39 is 7.59 Å². The van der Waals surface area contributed by atoms with E-state index in [0.717, 1.165) is 24.9 Å². The summed E-state index contributed by atoms with van der Waals surface area (Å²) >= 11 is 34.6. The van der Waals surface area contributed by atoms with Gasteiger partial charge in [0.1, 0.15) is 0 Å². The zero-order valence-electron chi connectivity index (χ0n) is 12.2. The molecule has 0 radical (unpaired) electrons. The summed E-state index contributed by atoms with van der Waals surface area (Å²) in [6.45, 7) is 0. The minimum atomic E-state index is -1.06. The van der Waals surface area contributed by atoms with Gasteiger partial charge in [0, 0.05) is 19.0 Å². The molecule has 22 heavy (non-hydrogen) atoms. The predicted molar refractivity (Wildman–Crippen MR) is 111 cm³/mol. The van der Waals surface area contributed by atoms with Crippen molar-refractivity contribution >= 4 is 88.6 Å². The molecule has 0 aliphatic carbocycles. The molecule has 0 unspecified atom stereocenters. The molecule has 1 aromatic rings. The Morgan fingerprint density at radius 2 is 0.955 bits per heavy atom. The van der Waals surface area contributed by atoms with Gasteiger partial charge >= 0.3 is 0 Å². The number of hydrogen-bond donors (Lipinski definition) is 0. The van der Waals surface area contributed by atoms with Crippen LogP contribution >= 0.6 is 69.6 Å². The lowest BCUT2D eigenvalue weighted by molar-refractivity contribution is 1.07. The van der Waals surface area contributed by atoms with Crippen molar-refractivity contribution < 1.29 is 0 Å². The van der Waals surface area contributed by atoms with Crippen molar-refractivity contribution in [3.63, 3.8) is 0 Å². The molecule has 0 spiro atoms. The molecule has 1 rings (SSSR count). The number of halogens is 6. The highest BCUT2D eigenvalue weighted by Crippen LogP contribution is 2.31. The molecule has 1 aromatic carbocycles. The molecule has 0 fully saturated rings. The third-order valence-electron chi connectivity index (χ3n) is 3.37. The second-order valence-electron chi connectivity index (χ2n) is 5.46. The van der Waals surface area contributed by atoms with Gasteiger partial charge in [-0.15, -0.1) is 0 Å². The monoisotopic (exact) mass is 454 g/mol. The third-order valence-corrected chi connectivity index (χ3v) is 10.3. The van der Waals surface area contributed by atoms with Crippen LogP contribution in [0.1, 0.15) is 11.1 Å². The molecule has 0 bridgehead atoms. The minimum Gasteiger partial charge on any atom is -0.0840 e. The Kier molecular flexibility index (Phi) is 10.1.